The standard InChI is InChI=1S/C12H13NO2/c1-9(7-8-13)12(14)10-5-3-4-6-11(10)15-2/h3-6,9H,7H2,1-2H3. The van der Waals surface area contributed by atoms with E-state index < -0.39 is 0 Å². The summed E-state index contributed by atoms with van der Waals surface area (Å²) >= 11 is 0. The molecule has 1 aromatic carbocycles. The molecule has 0 radical (unpaired) electrons. The highest BCUT2D eigenvalue weighted by atomic mass is 16.5. The van der Waals surface area contributed by atoms with E-state index in [2.05, 4.69) is 0 Å². The molecule has 3 heteroatoms. The van der Waals surface area contributed by atoms with Gasteiger partial charge in [0.05, 0.1) is 18.7 Å². The van der Waals surface area contributed by atoms with Crippen LogP contribution in [0, 0.1) is 17.2 Å². The van der Waals surface area contributed by atoms with Gasteiger partial charge in [0.2, 0.25) is 0 Å². The van der Waals surface area contributed by atoms with E-state index in [1.54, 1.807) is 25.1 Å². The normalized spacial score (nSPS) is 11.5. The number of carbonyl (C=O) groups excluding carboxylic acids is 1. The first-order valence-electron chi connectivity index (χ1n) is 4.75. The van der Waals surface area contributed by atoms with Gasteiger partial charge in [-0.05, 0) is 12.1 Å². The number of nitriles is 1. The van der Waals surface area contributed by atoms with Crippen molar-refractivity contribution >= 4 is 5.78 Å². The Balaban J connectivity index is 2.96. The maximum absolute atomic E-state index is 11.9. The van der Waals surface area contributed by atoms with Crippen molar-refractivity contribution in [3.8, 4) is 11.8 Å². The first kappa shape index (κ1) is 11.3. The van der Waals surface area contributed by atoms with Crippen molar-refractivity contribution in [1.29, 1.82) is 5.26 Å². The number of carbonyl (C=O) groups is 1. The molecule has 15 heavy (non-hydrogen) atoms. The van der Waals surface area contributed by atoms with Gasteiger partial charge in [-0.15, -0.1) is 0 Å². The fraction of sp³-hybridized carbons (Fsp3) is 0.333. The Morgan fingerprint density at radius 3 is 2.80 bits per heavy atom. The Hall–Kier alpha value is -1.82. The molecule has 78 valence electrons. The molecule has 0 heterocycles. The Morgan fingerprint density at radius 2 is 2.20 bits per heavy atom. The molecule has 0 aliphatic heterocycles. The summed E-state index contributed by atoms with van der Waals surface area (Å²) in [6.07, 6.45) is 0.233. The van der Waals surface area contributed by atoms with Crippen molar-refractivity contribution in [2.45, 2.75) is 13.3 Å². The predicted octanol–water partition coefficient (Wildman–Crippen LogP) is 2.43. The largest absolute Gasteiger partial charge is 0.496 e. The molecule has 0 aromatic heterocycles. The topological polar surface area (TPSA) is 50.1 Å². The highest BCUT2D eigenvalue weighted by molar-refractivity contribution is 6.00. The van der Waals surface area contributed by atoms with Crippen LogP contribution in [0.5, 0.6) is 5.75 Å². The highest BCUT2D eigenvalue weighted by Crippen LogP contribution is 2.21. The average Bonchev–Trinajstić information content (AvgIpc) is 2.28. The van der Waals surface area contributed by atoms with E-state index in [1.165, 1.54) is 7.11 Å². The summed E-state index contributed by atoms with van der Waals surface area (Å²) in [6.45, 7) is 1.75. The van der Waals surface area contributed by atoms with E-state index in [4.69, 9.17) is 10.00 Å². The van der Waals surface area contributed by atoms with Gasteiger partial charge in [-0.25, -0.2) is 0 Å². The molecule has 0 amide bonds. The Morgan fingerprint density at radius 1 is 1.53 bits per heavy atom. The van der Waals surface area contributed by atoms with Crippen molar-refractivity contribution in [1.82, 2.24) is 0 Å². The van der Waals surface area contributed by atoms with Gasteiger partial charge in [0, 0.05) is 12.3 Å². The molecule has 0 saturated carbocycles. The van der Waals surface area contributed by atoms with E-state index in [-0.39, 0.29) is 18.1 Å². The zero-order valence-corrected chi connectivity index (χ0v) is 8.86. The lowest BCUT2D eigenvalue weighted by Crippen LogP contribution is -2.11. The van der Waals surface area contributed by atoms with Gasteiger partial charge in [-0.2, -0.15) is 5.26 Å². The Kier molecular flexibility index (Phi) is 3.87. The van der Waals surface area contributed by atoms with Crippen LogP contribution in [0.25, 0.3) is 0 Å². The number of para-hydroxylation sites is 1. The van der Waals surface area contributed by atoms with E-state index in [1.807, 2.05) is 12.1 Å². The summed E-state index contributed by atoms with van der Waals surface area (Å²) < 4.78 is 5.09. The lowest BCUT2D eigenvalue weighted by molar-refractivity contribution is 0.0929. The third-order valence-electron chi connectivity index (χ3n) is 2.22. The number of hydrogen-bond donors (Lipinski definition) is 0. The second kappa shape index (κ2) is 5.16. The fourth-order valence-corrected chi connectivity index (χ4v) is 1.34. The summed E-state index contributed by atoms with van der Waals surface area (Å²) in [4.78, 5) is 11.9. The van der Waals surface area contributed by atoms with Crippen LogP contribution >= 0.6 is 0 Å². The zero-order chi connectivity index (χ0) is 11.3. The van der Waals surface area contributed by atoms with Crippen molar-refractivity contribution < 1.29 is 9.53 Å². The second-order valence-corrected chi connectivity index (χ2v) is 3.33. The predicted molar refractivity (Wildman–Crippen MR) is 56.7 cm³/mol. The van der Waals surface area contributed by atoms with Gasteiger partial charge in [0.25, 0.3) is 0 Å². The van der Waals surface area contributed by atoms with Crippen LogP contribution in [0.4, 0.5) is 0 Å². The quantitative estimate of drug-likeness (QED) is 0.706. The highest BCUT2D eigenvalue weighted by Gasteiger charge is 2.17. The van der Waals surface area contributed by atoms with Crippen LogP contribution in [-0.4, -0.2) is 12.9 Å². The SMILES string of the molecule is COc1ccccc1C(=O)C(C)CC#N. The molecular formula is C12H13NO2. The first-order valence-corrected chi connectivity index (χ1v) is 4.75. The van der Waals surface area contributed by atoms with Crippen LogP contribution in [0.3, 0.4) is 0 Å². The number of nitrogens with zero attached hydrogens (tertiary/aromatic N) is 1. The van der Waals surface area contributed by atoms with Crippen LogP contribution < -0.4 is 4.74 Å². The van der Waals surface area contributed by atoms with Crippen LogP contribution in [0.1, 0.15) is 23.7 Å². The Bertz CT molecular complexity index is 393. The number of benzene rings is 1. The molecule has 0 aliphatic rings. The molecule has 0 bridgehead atoms. The summed E-state index contributed by atoms with van der Waals surface area (Å²) in [5.74, 6) is 0.229. The molecule has 1 aromatic rings. The maximum atomic E-state index is 11.9. The molecule has 0 aliphatic carbocycles. The molecule has 3 nitrogen and oxygen atoms in total. The van der Waals surface area contributed by atoms with E-state index in [0.717, 1.165) is 0 Å². The van der Waals surface area contributed by atoms with Crippen LogP contribution in [0.15, 0.2) is 24.3 Å². The van der Waals surface area contributed by atoms with E-state index in [9.17, 15) is 4.79 Å². The van der Waals surface area contributed by atoms with Gasteiger partial charge in [0.1, 0.15) is 5.75 Å². The molecule has 1 rings (SSSR count). The minimum atomic E-state index is -0.286. The first-order chi connectivity index (χ1) is 7.20. The number of ketones is 1. The van der Waals surface area contributed by atoms with Crippen molar-refractivity contribution in [2.75, 3.05) is 7.11 Å². The molecule has 0 spiro atoms. The lowest BCUT2D eigenvalue weighted by atomic mass is 9.96. The summed E-state index contributed by atoms with van der Waals surface area (Å²) in [5.41, 5.74) is 0.544. The fourth-order valence-electron chi connectivity index (χ4n) is 1.34. The number of Topliss-reactive ketones (excluding diaryl/α,β-unsaturated/α-hetero) is 1. The molecule has 1 unspecified atom stereocenters. The Labute approximate surface area is 89.3 Å². The minimum Gasteiger partial charge on any atom is -0.496 e. The van der Waals surface area contributed by atoms with Crippen molar-refractivity contribution in [2.24, 2.45) is 5.92 Å². The number of ether oxygens (including phenoxy) is 1. The average molecular weight is 203 g/mol. The maximum Gasteiger partial charge on any atom is 0.170 e. The summed E-state index contributed by atoms with van der Waals surface area (Å²) in [6, 6.07) is 9.05. The number of methoxy groups -OCH3 is 1. The number of rotatable bonds is 4. The third kappa shape index (κ3) is 2.57. The van der Waals surface area contributed by atoms with E-state index in [0.29, 0.717) is 11.3 Å². The smallest absolute Gasteiger partial charge is 0.170 e. The van der Waals surface area contributed by atoms with E-state index >= 15 is 0 Å². The molecule has 0 N–H and O–H groups in total. The van der Waals surface area contributed by atoms with Crippen molar-refractivity contribution in [3.05, 3.63) is 29.8 Å². The van der Waals surface area contributed by atoms with Gasteiger partial charge >= 0.3 is 0 Å². The number of hydrogen-bond acceptors (Lipinski definition) is 3. The third-order valence-corrected chi connectivity index (χ3v) is 2.22. The van der Waals surface area contributed by atoms with Crippen molar-refractivity contribution in [3.63, 3.8) is 0 Å². The van der Waals surface area contributed by atoms with Gasteiger partial charge in [0.15, 0.2) is 5.78 Å². The van der Waals surface area contributed by atoms with Gasteiger partial charge in [-0.3, -0.25) is 4.79 Å². The van der Waals surface area contributed by atoms with Crippen LogP contribution in [0.2, 0.25) is 0 Å². The molecule has 0 saturated heterocycles. The minimum absolute atomic E-state index is 0.0472. The zero-order valence-electron chi connectivity index (χ0n) is 8.86. The summed E-state index contributed by atoms with van der Waals surface area (Å²) in [5, 5.41) is 8.53. The second-order valence-electron chi connectivity index (χ2n) is 3.33. The lowest BCUT2D eigenvalue weighted by Gasteiger charge is -2.10. The summed E-state index contributed by atoms with van der Waals surface area (Å²) in [7, 11) is 1.53. The monoisotopic (exact) mass is 203 g/mol. The molecular weight excluding hydrogens is 190 g/mol. The van der Waals surface area contributed by atoms with Gasteiger partial charge in [-0.1, -0.05) is 19.1 Å². The molecule has 0 fully saturated rings. The van der Waals surface area contributed by atoms with Gasteiger partial charge < -0.3 is 4.74 Å². The molecule has 1 atom stereocenters. The van der Waals surface area contributed by atoms with Crippen LogP contribution in [-0.2, 0) is 0 Å².